The van der Waals surface area contributed by atoms with Crippen molar-refractivity contribution in [3.8, 4) is 23.0 Å². The molecule has 2 aromatic carbocycles. The SMILES string of the molecule is CCCN1CC2=C(NC(=S)NC2c2cccc(OC)c2OC)/C(=C/c2cccc(OC)c2OC)C1. The zero-order valence-electron chi connectivity index (χ0n) is 20.9. The topological polar surface area (TPSA) is 64.2 Å². The van der Waals surface area contributed by atoms with Gasteiger partial charge in [-0.05, 0) is 54.5 Å². The number of hydrogen-bond acceptors (Lipinski definition) is 6. The molecule has 0 spiro atoms. The lowest BCUT2D eigenvalue weighted by atomic mass is 9.88. The average molecular weight is 496 g/mol. The minimum atomic E-state index is -0.154. The second kappa shape index (κ2) is 11.0. The number of nitrogens with one attached hydrogen (secondary N) is 2. The molecule has 2 N–H and O–H groups in total. The van der Waals surface area contributed by atoms with E-state index in [2.05, 4.69) is 34.6 Å². The molecule has 2 heterocycles. The van der Waals surface area contributed by atoms with E-state index in [0.717, 1.165) is 48.5 Å². The molecule has 0 saturated heterocycles. The third-order valence-corrected chi connectivity index (χ3v) is 6.56. The smallest absolute Gasteiger partial charge is 0.171 e. The Bertz CT molecular complexity index is 1160. The fraction of sp³-hybridized carbons (Fsp3) is 0.370. The number of hydrogen-bond donors (Lipinski definition) is 2. The fourth-order valence-corrected chi connectivity index (χ4v) is 5.10. The molecule has 0 aromatic heterocycles. The zero-order valence-corrected chi connectivity index (χ0v) is 21.8. The summed E-state index contributed by atoms with van der Waals surface area (Å²) >= 11 is 5.66. The summed E-state index contributed by atoms with van der Waals surface area (Å²) in [6, 6.07) is 11.7. The van der Waals surface area contributed by atoms with E-state index < -0.39 is 0 Å². The number of methoxy groups -OCH3 is 4. The quantitative estimate of drug-likeness (QED) is 0.526. The van der Waals surface area contributed by atoms with Gasteiger partial charge in [-0.1, -0.05) is 31.2 Å². The molecule has 1 atom stereocenters. The van der Waals surface area contributed by atoms with Crippen molar-refractivity contribution in [2.75, 3.05) is 48.1 Å². The van der Waals surface area contributed by atoms with E-state index in [0.29, 0.717) is 28.1 Å². The predicted octanol–water partition coefficient (Wildman–Crippen LogP) is 4.30. The van der Waals surface area contributed by atoms with Crippen molar-refractivity contribution in [2.24, 2.45) is 0 Å². The van der Waals surface area contributed by atoms with Crippen molar-refractivity contribution < 1.29 is 18.9 Å². The van der Waals surface area contributed by atoms with Crippen molar-refractivity contribution in [3.63, 3.8) is 0 Å². The van der Waals surface area contributed by atoms with Gasteiger partial charge in [0.2, 0.25) is 0 Å². The van der Waals surface area contributed by atoms with Crippen LogP contribution in [0.3, 0.4) is 0 Å². The summed E-state index contributed by atoms with van der Waals surface area (Å²) in [4.78, 5) is 2.45. The maximum Gasteiger partial charge on any atom is 0.171 e. The van der Waals surface area contributed by atoms with Crippen molar-refractivity contribution in [1.82, 2.24) is 15.5 Å². The maximum atomic E-state index is 5.78. The van der Waals surface area contributed by atoms with E-state index >= 15 is 0 Å². The fourth-order valence-electron chi connectivity index (χ4n) is 4.88. The van der Waals surface area contributed by atoms with Gasteiger partial charge in [-0.2, -0.15) is 0 Å². The van der Waals surface area contributed by atoms with E-state index in [9.17, 15) is 0 Å². The van der Waals surface area contributed by atoms with Crippen LogP contribution in [0.2, 0.25) is 0 Å². The van der Waals surface area contributed by atoms with Gasteiger partial charge >= 0.3 is 0 Å². The van der Waals surface area contributed by atoms with E-state index in [-0.39, 0.29) is 6.04 Å². The highest BCUT2D eigenvalue weighted by Gasteiger charge is 2.35. The molecule has 1 unspecified atom stereocenters. The third-order valence-electron chi connectivity index (χ3n) is 6.34. The summed E-state index contributed by atoms with van der Waals surface area (Å²) in [5, 5.41) is 7.49. The van der Waals surface area contributed by atoms with Crippen LogP contribution in [-0.4, -0.2) is 58.1 Å². The predicted molar refractivity (Wildman–Crippen MR) is 142 cm³/mol. The monoisotopic (exact) mass is 495 g/mol. The summed E-state index contributed by atoms with van der Waals surface area (Å²) < 4.78 is 22.6. The number of para-hydroxylation sites is 2. The van der Waals surface area contributed by atoms with Gasteiger partial charge in [0, 0.05) is 29.9 Å². The summed E-state index contributed by atoms with van der Waals surface area (Å²) in [7, 11) is 6.63. The summed E-state index contributed by atoms with van der Waals surface area (Å²) in [5.41, 5.74) is 5.33. The molecule has 186 valence electrons. The van der Waals surface area contributed by atoms with Gasteiger partial charge < -0.3 is 29.6 Å². The third kappa shape index (κ3) is 4.94. The molecular formula is C27H33N3O4S. The van der Waals surface area contributed by atoms with Crippen molar-refractivity contribution in [2.45, 2.75) is 19.4 Å². The first-order valence-corrected chi connectivity index (χ1v) is 12.1. The molecule has 2 aliphatic rings. The minimum Gasteiger partial charge on any atom is -0.493 e. The Hall–Kier alpha value is -3.23. The standard InChI is InChI=1S/C27H33N3O4S/c1-6-13-30-15-18(14-17-9-7-11-21(31-2)25(17)33-4)23-20(16-30)24(29-27(35)28-23)19-10-8-12-22(32-3)26(19)34-5/h7-12,14,24H,6,13,15-16H2,1-5H3,(H2,28,29,35)/b18-14+. The lowest BCUT2D eigenvalue weighted by Crippen LogP contribution is -2.50. The summed E-state index contributed by atoms with van der Waals surface area (Å²) in [5.74, 6) is 2.80. The summed E-state index contributed by atoms with van der Waals surface area (Å²) in [6.45, 7) is 4.79. The molecule has 0 aliphatic carbocycles. The van der Waals surface area contributed by atoms with E-state index in [4.69, 9.17) is 31.2 Å². The first-order chi connectivity index (χ1) is 17.0. The summed E-state index contributed by atoms with van der Waals surface area (Å²) in [6.07, 6.45) is 3.23. The number of nitrogens with zero attached hydrogens (tertiary/aromatic N) is 1. The Morgan fingerprint density at radius 2 is 1.63 bits per heavy atom. The number of thiocarbonyl (C=S) groups is 1. The number of rotatable bonds is 8. The normalized spacial score (nSPS) is 19.1. The van der Waals surface area contributed by atoms with Crippen LogP contribution in [0.25, 0.3) is 6.08 Å². The Kier molecular flexibility index (Phi) is 7.83. The first kappa shape index (κ1) is 24.9. The molecule has 0 fully saturated rings. The number of ether oxygens (including phenoxy) is 4. The van der Waals surface area contributed by atoms with E-state index in [1.54, 1.807) is 28.4 Å². The van der Waals surface area contributed by atoms with Gasteiger partial charge in [-0.3, -0.25) is 4.90 Å². The molecule has 35 heavy (non-hydrogen) atoms. The van der Waals surface area contributed by atoms with Crippen LogP contribution in [0.1, 0.15) is 30.5 Å². The molecular weight excluding hydrogens is 462 g/mol. The molecule has 7 nitrogen and oxygen atoms in total. The van der Waals surface area contributed by atoms with Crippen LogP contribution in [0.4, 0.5) is 0 Å². The number of benzene rings is 2. The van der Waals surface area contributed by atoms with Gasteiger partial charge in [0.25, 0.3) is 0 Å². The zero-order chi connectivity index (χ0) is 24.9. The molecule has 0 amide bonds. The lowest BCUT2D eigenvalue weighted by molar-refractivity contribution is 0.299. The molecule has 0 radical (unpaired) electrons. The molecule has 2 aliphatic heterocycles. The highest BCUT2D eigenvalue weighted by molar-refractivity contribution is 7.80. The van der Waals surface area contributed by atoms with Crippen LogP contribution in [0.15, 0.2) is 53.2 Å². The molecule has 0 saturated carbocycles. The van der Waals surface area contributed by atoms with Gasteiger partial charge in [0.1, 0.15) is 0 Å². The van der Waals surface area contributed by atoms with Crippen LogP contribution in [-0.2, 0) is 0 Å². The second-order valence-electron chi connectivity index (χ2n) is 8.48. The second-order valence-corrected chi connectivity index (χ2v) is 8.89. The van der Waals surface area contributed by atoms with Gasteiger partial charge in [-0.25, -0.2) is 0 Å². The molecule has 4 rings (SSSR count). The van der Waals surface area contributed by atoms with Crippen LogP contribution >= 0.6 is 12.2 Å². The van der Waals surface area contributed by atoms with Crippen molar-refractivity contribution >= 4 is 23.4 Å². The molecule has 0 bridgehead atoms. The largest absolute Gasteiger partial charge is 0.493 e. The first-order valence-electron chi connectivity index (χ1n) is 11.7. The van der Waals surface area contributed by atoms with Crippen LogP contribution < -0.4 is 29.6 Å². The Morgan fingerprint density at radius 3 is 2.29 bits per heavy atom. The minimum absolute atomic E-state index is 0.154. The Morgan fingerprint density at radius 1 is 0.943 bits per heavy atom. The van der Waals surface area contributed by atoms with Crippen molar-refractivity contribution in [1.29, 1.82) is 0 Å². The van der Waals surface area contributed by atoms with Gasteiger partial charge in [0.15, 0.2) is 28.1 Å². The average Bonchev–Trinajstić information content (AvgIpc) is 2.88. The van der Waals surface area contributed by atoms with Crippen LogP contribution in [0, 0.1) is 0 Å². The van der Waals surface area contributed by atoms with Gasteiger partial charge in [0.05, 0.1) is 34.5 Å². The highest BCUT2D eigenvalue weighted by atomic mass is 32.1. The molecule has 8 heteroatoms. The van der Waals surface area contributed by atoms with Crippen molar-refractivity contribution in [3.05, 3.63) is 64.4 Å². The van der Waals surface area contributed by atoms with Gasteiger partial charge in [-0.15, -0.1) is 0 Å². The highest BCUT2D eigenvalue weighted by Crippen LogP contribution is 2.42. The Balaban J connectivity index is 1.88. The Labute approximate surface area is 212 Å². The van der Waals surface area contributed by atoms with E-state index in [1.165, 1.54) is 5.57 Å². The maximum absolute atomic E-state index is 5.78. The molecule has 2 aromatic rings. The van der Waals surface area contributed by atoms with E-state index in [1.807, 2.05) is 30.3 Å². The van der Waals surface area contributed by atoms with Crippen LogP contribution in [0.5, 0.6) is 23.0 Å². The lowest BCUT2D eigenvalue weighted by Gasteiger charge is -2.40.